The minimum absolute atomic E-state index is 0.0518. The molecule has 1 aliphatic rings. The van der Waals surface area contributed by atoms with E-state index in [1.807, 2.05) is 17.7 Å². The smallest absolute Gasteiger partial charge is 0.259 e. The largest absolute Gasteiger partial charge is 0.338 e. The van der Waals surface area contributed by atoms with Gasteiger partial charge in [0.25, 0.3) is 11.6 Å². The third kappa shape index (κ3) is 4.44. The van der Waals surface area contributed by atoms with Crippen LogP contribution < -0.4 is 5.32 Å². The molecule has 0 radical (unpaired) electrons. The Hall–Kier alpha value is -3.55. The molecular weight excluding hydrogens is 433 g/mol. The number of halogens is 1. The molecule has 8 heteroatoms. The molecule has 1 fully saturated rings. The van der Waals surface area contributed by atoms with Gasteiger partial charge in [-0.2, -0.15) is 0 Å². The molecule has 1 saturated carbocycles. The number of rotatable bonds is 6. The van der Waals surface area contributed by atoms with Gasteiger partial charge in [0.05, 0.1) is 16.6 Å². The highest BCUT2D eigenvalue weighted by Crippen LogP contribution is 2.41. The zero-order valence-corrected chi connectivity index (χ0v) is 19.8. The number of amides is 1. The number of pyridine rings is 1. The van der Waals surface area contributed by atoms with E-state index in [4.69, 9.17) is 4.52 Å². The van der Waals surface area contributed by atoms with Gasteiger partial charge in [0, 0.05) is 31.1 Å². The summed E-state index contributed by atoms with van der Waals surface area (Å²) in [5.41, 5.74) is 2.97. The molecule has 1 atom stereocenters. The van der Waals surface area contributed by atoms with Crippen molar-refractivity contribution in [3.63, 3.8) is 0 Å². The minimum Gasteiger partial charge on any atom is -0.338 e. The van der Waals surface area contributed by atoms with E-state index in [-0.39, 0.29) is 17.1 Å². The zero-order valence-electron chi connectivity index (χ0n) is 19.8. The average Bonchev–Trinajstić information content (AvgIpc) is 3.44. The van der Waals surface area contributed by atoms with Crippen LogP contribution in [0, 0.1) is 11.2 Å². The highest BCUT2D eigenvalue weighted by atomic mass is 19.1. The molecule has 0 spiro atoms. The normalized spacial score (nSPS) is 15.0. The molecule has 1 aromatic carbocycles. The quantitative estimate of drug-likeness (QED) is 0.433. The number of carbonyl (C=O) groups is 1. The third-order valence-corrected chi connectivity index (χ3v) is 6.05. The number of hydrogen-bond acceptors (Lipinski definition) is 5. The van der Waals surface area contributed by atoms with Crippen molar-refractivity contribution >= 4 is 17.0 Å². The lowest BCUT2D eigenvalue weighted by Gasteiger charge is -2.20. The molecule has 4 aromatic rings. The molecule has 3 heterocycles. The first kappa shape index (κ1) is 22.3. The standard InChI is InChI=1S/C26H28FN5O2/c1-26(2,3)14-20-21-18(13-19(15-8-9-15)29-25(21)34-31-20)24(33)30-22(23-28-10-11-32(23)4)16-6-5-7-17(27)12-16/h5-7,10-13,15,22H,8-9,14H2,1-4H3,(H,30,33). The molecule has 0 saturated heterocycles. The Kier molecular flexibility index (Phi) is 5.46. The topological polar surface area (TPSA) is 85.8 Å². The fraction of sp³-hybridized carbons (Fsp3) is 0.385. The van der Waals surface area contributed by atoms with Crippen molar-refractivity contribution in [2.75, 3.05) is 0 Å². The van der Waals surface area contributed by atoms with Crippen LogP contribution in [0.15, 0.2) is 47.2 Å². The Morgan fingerprint density at radius 1 is 1.29 bits per heavy atom. The van der Waals surface area contributed by atoms with E-state index in [1.165, 1.54) is 12.1 Å². The summed E-state index contributed by atoms with van der Waals surface area (Å²) in [5, 5.41) is 8.00. The van der Waals surface area contributed by atoms with E-state index < -0.39 is 6.04 Å². The maximum atomic E-state index is 14.1. The summed E-state index contributed by atoms with van der Waals surface area (Å²) < 4.78 is 21.5. The summed E-state index contributed by atoms with van der Waals surface area (Å²) in [6.45, 7) is 6.33. The molecule has 176 valence electrons. The summed E-state index contributed by atoms with van der Waals surface area (Å²) in [6.07, 6.45) is 6.18. The molecule has 34 heavy (non-hydrogen) atoms. The molecule has 7 nitrogen and oxygen atoms in total. The molecule has 0 aliphatic heterocycles. The van der Waals surface area contributed by atoms with Gasteiger partial charge >= 0.3 is 0 Å². The van der Waals surface area contributed by atoms with Gasteiger partial charge in [-0.1, -0.05) is 38.1 Å². The number of nitrogens with one attached hydrogen (secondary N) is 1. The molecular formula is C26H28FN5O2. The second-order valence-corrected chi connectivity index (χ2v) is 10.3. The predicted octanol–water partition coefficient (Wildman–Crippen LogP) is 5.08. The van der Waals surface area contributed by atoms with E-state index in [0.29, 0.717) is 46.1 Å². The predicted molar refractivity (Wildman–Crippen MR) is 126 cm³/mol. The maximum Gasteiger partial charge on any atom is 0.259 e. The lowest BCUT2D eigenvalue weighted by molar-refractivity contribution is 0.0942. The summed E-state index contributed by atoms with van der Waals surface area (Å²) in [7, 11) is 1.85. The number of benzene rings is 1. The van der Waals surface area contributed by atoms with Crippen molar-refractivity contribution in [3.8, 4) is 0 Å². The van der Waals surface area contributed by atoms with Crippen LogP contribution in [0.4, 0.5) is 4.39 Å². The lowest BCUT2D eigenvalue weighted by Crippen LogP contribution is -2.31. The van der Waals surface area contributed by atoms with E-state index >= 15 is 0 Å². The van der Waals surface area contributed by atoms with Crippen LogP contribution in [0.5, 0.6) is 0 Å². The van der Waals surface area contributed by atoms with Gasteiger partial charge in [-0.05, 0) is 48.4 Å². The van der Waals surface area contributed by atoms with E-state index in [2.05, 4.69) is 41.2 Å². The molecule has 1 unspecified atom stereocenters. The van der Waals surface area contributed by atoms with Crippen LogP contribution in [0.3, 0.4) is 0 Å². The number of aromatic nitrogens is 4. The zero-order chi connectivity index (χ0) is 24.0. The second kappa shape index (κ2) is 8.34. The molecule has 0 bridgehead atoms. The van der Waals surface area contributed by atoms with Crippen LogP contribution in [0.25, 0.3) is 11.1 Å². The molecule has 1 aliphatic carbocycles. The van der Waals surface area contributed by atoms with Gasteiger partial charge in [-0.15, -0.1) is 0 Å². The van der Waals surface area contributed by atoms with Crippen molar-refractivity contribution in [2.45, 2.75) is 52.0 Å². The van der Waals surface area contributed by atoms with Crippen molar-refractivity contribution in [1.82, 2.24) is 25.0 Å². The van der Waals surface area contributed by atoms with Gasteiger partial charge < -0.3 is 14.4 Å². The summed E-state index contributed by atoms with van der Waals surface area (Å²) in [5.74, 6) is 0.261. The molecule has 1 amide bonds. The monoisotopic (exact) mass is 461 g/mol. The van der Waals surface area contributed by atoms with Crippen LogP contribution in [0.1, 0.15) is 78.7 Å². The van der Waals surface area contributed by atoms with E-state index in [0.717, 1.165) is 18.5 Å². The number of imidazole rings is 1. The van der Waals surface area contributed by atoms with Crippen molar-refractivity contribution in [1.29, 1.82) is 0 Å². The fourth-order valence-electron chi connectivity index (χ4n) is 4.27. The van der Waals surface area contributed by atoms with Gasteiger partial charge in [-0.25, -0.2) is 14.4 Å². The summed E-state index contributed by atoms with van der Waals surface area (Å²) in [4.78, 5) is 22.9. The van der Waals surface area contributed by atoms with Crippen LogP contribution in [-0.4, -0.2) is 25.6 Å². The Morgan fingerprint density at radius 2 is 2.09 bits per heavy atom. The first-order valence-electron chi connectivity index (χ1n) is 11.5. The maximum absolute atomic E-state index is 14.1. The Morgan fingerprint density at radius 3 is 2.74 bits per heavy atom. The van der Waals surface area contributed by atoms with Gasteiger partial charge in [-0.3, -0.25) is 4.79 Å². The Balaban J connectivity index is 1.59. The average molecular weight is 462 g/mol. The SMILES string of the molecule is Cn1ccnc1C(NC(=O)c1cc(C2CC2)nc2onc(CC(C)(C)C)c12)c1cccc(F)c1. The Bertz CT molecular complexity index is 1360. The fourth-order valence-corrected chi connectivity index (χ4v) is 4.27. The summed E-state index contributed by atoms with van der Waals surface area (Å²) in [6, 6.07) is 7.43. The lowest BCUT2D eigenvalue weighted by atomic mass is 9.89. The number of hydrogen-bond donors (Lipinski definition) is 1. The van der Waals surface area contributed by atoms with E-state index in [1.54, 1.807) is 24.5 Å². The second-order valence-electron chi connectivity index (χ2n) is 10.3. The van der Waals surface area contributed by atoms with Crippen molar-refractivity contribution in [2.24, 2.45) is 12.5 Å². The number of aryl methyl sites for hydroxylation is 1. The molecule has 3 aromatic heterocycles. The molecule has 5 rings (SSSR count). The van der Waals surface area contributed by atoms with Crippen LogP contribution in [-0.2, 0) is 13.5 Å². The van der Waals surface area contributed by atoms with E-state index in [9.17, 15) is 9.18 Å². The van der Waals surface area contributed by atoms with Crippen LogP contribution in [0.2, 0.25) is 0 Å². The van der Waals surface area contributed by atoms with Gasteiger partial charge in [0.1, 0.15) is 17.7 Å². The number of nitrogens with zero attached hydrogens (tertiary/aromatic N) is 4. The van der Waals surface area contributed by atoms with Crippen molar-refractivity contribution in [3.05, 3.63) is 76.9 Å². The van der Waals surface area contributed by atoms with Crippen LogP contribution >= 0.6 is 0 Å². The first-order chi connectivity index (χ1) is 16.2. The highest BCUT2D eigenvalue weighted by Gasteiger charge is 2.31. The van der Waals surface area contributed by atoms with Gasteiger partial charge in [0.2, 0.25) is 0 Å². The highest BCUT2D eigenvalue weighted by molar-refractivity contribution is 6.06. The minimum atomic E-state index is -0.637. The molecule has 1 N–H and O–H groups in total. The number of fused-ring (bicyclic) bond motifs is 1. The summed E-state index contributed by atoms with van der Waals surface area (Å²) >= 11 is 0. The Labute approximate surface area is 197 Å². The first-order valence-corrected chi connectivity index (χ1v) is 11.5. The number of carbonyl (C=O) groups excluding carboxylic acids is 1. The third-order valence-electron chi connectivity index (χ3n) is 6.05. The van der Waals surface area contributed by atoms with Gasteiger partial charge in [0.15, 0.2) is 0 Å². The van der Waals surface area contributed by atoms with Crippen molar-refractivity contribution < 1.29 is 13.7 Å².